The lowest BCUT2D eigenvalue weighted by Crippen LogP contribution is -2.47. The number of Topliss-reactive ketones (excluding diaryl/α,β-unsaturated/α-hetero) is 2. The molecule has 1 aromatic carbocycles. The highest BCUT2D eigenvalue weighted by Crippen LogP contribution is 2.62. The van der Waals surface area contributed by atoms with Gasteiger partial charge in [-0.2, -0.15) is 5.10 Å². The number of aryl methyl sites for hydroxylation is 2. The van der Waals surface area contributed by atoms with Gasteiger partial charge in [-0.15, -0.1) is 0 Å². The van der Waals surface area contributed by atoms with Gasteiger partial charge in [0.1, 0.15) is 40.3 Å². The lowest BCUT2D eigenvalue weighted by atomic mass is 9.91. The number of nitrogens with zero attached hydrogens (tertiary/aromatic N) is 6. The summed E-state index contributed by atoms with van der Waals surface area (Å²) in [7, 11) is 0. The lowest BCUT2D eigenvalue weighted by molar-refractivity contribution is -0.138. The van der Waals surface area contributed by atoms with Gasteiger partial charge in [0.05, 0.1) is 5.52 Å². The van der Waals surface area contributed by atoms with Gasteiger partial charge < -0.3 is 10.2 Å². The van der Waals surface area contributed by atoms with E-state index in [2.05, 4.69) is 42.3 Å². The molecule has 2 aliphatic heterocycles. The first-order chi connectivity index (χ1) is 24.6. The summed E-state index contributed by atoms with van der Waals surface area (Å²) in [5.41, 5.74) is 4.52. The van der Waals surface area contributed by atoms with Gasteiger partial charge in [-0.1, -0.05) is 18.9 Å². The number of hydrogen-bond donors (Lipinski definition) is 1. The molecule has 0 spiro atoms. The SMILES string of the molecule is CC(=O)c1nn2c3c(cc(-c4cnc(C)nc4)cc13)CCCCCCC(=O)CC[C@@]13C[C@@H](C(=O)Nc4nc(Br)ccc4C4CC4)N(C(=O)C2)[C@@H]1C3. The number of rotatable bonds is 5. The van der Waals surface area contributed by atoms with Gasteiger partial charge in [-0.05, 0) is 120 Å². The second-order valence-electron chi connectivity index (χ2n) is 15.0. The van der Waals surface area contributed by atoms with Gasteiger partial charge in [0.25, 0.3) is 0 Å². The maximum absolute atomic E-state index is 14.6. The molecular weight excluding hydrogens is 710 g/mol. The van der Waals surface area contributed by atoms with E-state index in [9.17, 15) is 19.2 Å². The van der Waals surface area contributed by atoms with Crippen molar-refractivity contribution < 1.29 is 19.2 Å². The van der Waals surface area contributed by atoms with E-state index in [0.717, 1.165) is 72.7 Å². The van der Waals surface area contributed by atoms with Crippen LogP contribution in [0, 0.1) is 12.3 Å². The van der Waals surface area contributed by atoms with E-state index in [4.69, 9.17) is 5.10 Å². The van der Waals surface area contributed by atoms with Crippen molar-refractivity contribution in [2.75, 3.05) is 5.32 Å². The topological polar surface area (TPSA) is 140 Å². The Morgan fingerprint density at radius 1 is 0.961 bits per heavy atom. The summed E-state index contributed by atoms with van der Waals surface area (Å²) in [6.07, 6.45) is 13.0. The molecule has 2 bridgehead atoms. The van der Waals surface area contributed by atoms with Crippen LogP contribution >= 0.6 is 15.9 Å². The average Bonchev–Trinajstić information content (AvgIpc) is 4.01. The number of carbonyl (C=O) groups is 4. The molecule has 51 heavy (non-hydrogen) atoms. The van der Waals surface area contributed by atoms with Crippen LogP contribution in [0.5, 0.6) is 0 Å². The molecule has 4 aromatic rings. The first kappa shape index (κ1) is 33.8. The third kappa shape index (κ3) is 6.63. The zero-order valence-electron chi connectivity index (χ0n) is 29.1. The Kier molecular flexibility index (Phi) is 8.84. The zero-order valence-corrected chi connectivity index (χ0v) is 30.7. The fourth-order valence-electron chi connectivity index (χ4n) is 8.44. The molecule has 2 aliphatic carbocycles. The standard InChI is InChI=1S/C39H42BrN7O4/c1-22(48)35-30-16-26(27-19-41-23(2)42-20-27)15-25-7-5-3-4-6-8-28(49)13-14-39-17-31(47(32(39)18-39)34(50)21-46(45-35)36(25)30)38(51)44-37-29(24-9-10-24)11-12-33(40)43-37/h11-12,15-16,19-20,24,31-32H,3-10,13-14,17-18,21H2,1-2H3,(H,43,44,51)/t31-,32+,39-/m0/s1. The van der Waals surface area contributed by atoms with Crippen LogP contribution in [0.2, 0.25) is 0 Å². The fourth-order valence-corrected chi connectivity index (χ4v) is 8.75. The van der Waals surface area contributed by atoms with Crippen molar-refractivity contribution in [2.45, 2.75) is 115 Å². The molecule has 264 valence electrons. The lowest BCUT2D eigenvalue weighted by Gasteiger charge is -2.27. The van der Waals surface area contributed by atoms with Crippen molar-refractivity contribution in [3.8, 4) is 11.1 Å². The molecule has 3 atom stereocenters. The number of ketones is 2. The first-order valence-corrected chi connectivity index (χ1v) is 19.0. The molecule has 2 saturated carbocycles. The number of pyridine rings is 1. The minimum absolute atomic E-state index is 0.110. The average molecular weight is 753 g/mol. The van der Waals surface area contributed by atoms with Crippen LogP contribution in [0.3, 0.4) is 0 Å². The Hall–Kier alpha value is -4.32. The van der Waals surface area contributed by atoms with Crippen molar-refractivity contribution in [3.05, 3.63) is 63.9 Å². The molecule has 1 saturated heterocycles. The molecule has 3 aromatic heterocycles. The predicted molar refractivity (Wildman–Crippen MR) is 195 cm³/mol. The van der Waals surface area contributed by atoms with Crippen LogP contribution in [0.4, 0.5) is 5.82 Å². The number of piperidine rings is 1. The van der Waals surface area contributed by atoms with Crippen molar-refractivity contribution in [1.29, 1.82) is 0 Å². The van der Waals surface area contributed by atoms with Crippen molar-refractivity contribution >= 4 is 56.0 Å². The van der Waals surface area contributed by atoms with Crippen LogP contribution < -0.4 is 5.32 Å². The van der Waals surface area contributed by atoms with Gasteiger partial charge in [0.15, 0.2) is 5.78 Å². The summed E-state index contributed by atoms with van der Waals surface area (Å²) in [5, 5.41) is 8.57. The summed E-state index contributed by atoms with van der Waals surface area (Å²) in [6, 6.07) is 7.10. The molecule has 8 rings (SSSR count). The zero-order chi connectivity index (χ0) is 35.4. The normalized spacial score (nSPS) is 23.9. The molecule has 0 unspecified atom stereocenters. The smallest absolute Gasteiger partial charge is 0.248 e. The van der Waals surface area contributed by atoms with Gasteiger partial charge in [0, 0.05) is 49.2 Å². The van der Waals surface area contributed by atoms with Crippen molar-refractivity contribution in [3.63, 3.8) is 0 Å². The molecule has 12 heteroatoms. The quantitative estimate of drug-likeness (QED) is 0.172. The highest BCUT2D eigenvalue weighted by atomic mass is 79.9. The number of nitrogens with one attached hydrogen (secondary N) is 1. The minimum atomic E-state index is -0.709. The molecule has 1 N–H and O–H groups in total. The fraction of sp³-hybridized carbons (Fsp3) is 0.487. The Morgan fingerprint density at radius 3 is 2.47 bits per heavy atom. The number of carbonyl (C=O) groups excluding carboxylic acids is 4. The molecule has 5 heterocycles. The molecule has 11 nitrogen and oxygen atoms in total. The number of amides is 2. The third-order valence-corrected chi connectivity index (χ3v) is 11.8. The molecule has 4 aliphatic rings. The van der Waals surface area contributed by atoms with Crippen LogP contribution in [0.15, 0.2) is 41.3 Å². The van der Waals surface area contributed by atoms with Gasteiger partial charge in [0.2, 0.25) is 11.8 Å². The monoisotopic (exact) mass is 751 g/mol. The number of aromatic nitrogens is 5. The van der Waals surface area contributed by atoms with Crippen LogP contribution in [0.1, 0.15) is 111 Å². The highest BCUT2D eigenvalue weighted by Gasteiger charge is 2.66. The Morgan fingerprint density at radius 2 is 1.73 bits per heavy atom. The Bertz CT molecular complexity index is 2070. The van der Waals surface area contributed by atoms with E-state index in [0.29, 0.717) is 65.3 Å². The first-order valence-electron chi connectivity index (χ1n) is 18.2. The highest BCUT2D eigenvalue weighted by molar-refractivity contribution is 9.10. The molecule has 0 radical (unpaired) electrons. The molecule has 3 fully saturated rings. The van der Waals surface area contributed by atoms with E-state index in [1.165, 1.54) is 6.92 Å². The number of halogens is 1. The van der Waals surface area contributed by atoms with Gasteiger partial charge in [-0.3, -0.25) is 23.9 Å². The summed E-state index contributed by atoms with van der Waals surface area (Å²) >= 11 is 3.46. The minimum Gasteiger partial charge on any atom is -0.325 e. The van der Waals surface area contributed by atoms with Crippen LogP contribution in [-0.2, 0) is 27.3 Å². The van der Waals surface area contributed by atoms with Gasteiger partial charge in [-0.25, -0.2) is 15.0 Å². The second-order valence-corrected chi connectivity index (χ2v) is 15.8. The van der Waals surface area contributed by atoms with Crippen LogP contribution in [0.25, 0.3) is 22.0 Å². The van der Waals surface area contributed by atoms with Crippen molar-refractivity contribution in [2.24, 2.45) is 5.41 Å². The van der Waals surface area contributed by atoms with E-state index >= 15 is 0 Å². The number of hydrogen-bond acceptors (Lipinski definition) is 8. The van der Waals surface area contributed by atoms with Gasteiger partial charge >= 0.3 is 0 Å². The molecule has 2 amide bonds. The maximum atomic E-state index is 14.6. The largest absolute Gasteiger partial charge is 0.325 e. The number of benzene rings is 1. The van der Waals surface area contributed by atoms with E-state index in [-0.39, 0.29) is 41.4 Å². The Balaban J connectivity index is 1.18. The number of anilines is 1. The Labute approximate surface area is 305 Å². The summed E-state index contributed by atoms with van der Waals surface area (Å²) in [4.78, 5) is 70.0. The third-order valence-electron chi connectivity index (χ3n) is 11.4. The second kappa shape index (κ2) is 13.3. The van der Waals surface area contributed by atoms with Crippen LogP contribution in [-0.4, -0.2) is 65.1 Å². The molecular formula is C39H42BrN7O4. The summed E-state index contributed by atoms with van der Waals surface area (Å²) in [6.45, 7) is 3.23. The summed E-state index contributed by atoms with van der Waals surface area (Å²) < 4.78 is 2.31. The van der Waals surface area contributed by atoms with E-state index < -0.39 is 6.04 Å². The maximum Gasteiger partial charge on any atom is 0.248 e. The summed E-state index contributed by atoms with van der Waals surface area (Å²) in [5.74, 6) is 1.16. The van der Waals surface area contributed by atoms with E-state index in [1.54, 1.807) is 22.0 Å². The van der Waals surface area contributed by atoms with E-state index in [1.807, 2.05) is 25.1 Å². The van der Waals surface area contributed by atoms with Crippen molar-refractivity contribution in [1.82, 2.24) is 29.6 Å². The predicted octanol–water partition coefficient (Wildman–Crippen LogP) is 6.89.